The largest absolute Gasteiger partial charge is 0.308 e. The van der Waals surface area contributed by atoms with Gasteiger partial charge in [0.05, 0.1) is 6.54 Å². The number of nitrogens with zero attached hydrogens (tertiary/aromatic N) is 5. The highest BCUT2D eigenvalue weighted by molar-refractivity contribution is 5.76. The van der Waals surface area contributed by atoms with Crippen LogP contribution < -0.4 is 0 Å². The van der Waals surface area contributed by atoms with Gasteiger partial charge in [0.15, 0.2) is 5.65 Å². The van der Waals surface area contributed by atoms with Crippen LogP contribution in [0.25, 0.3) is 17.2 Å². The first-order valence-electron chi connectivity index (χ1n) is 12.1. The topological polar surface area (TPSA) is 37.2 Å². The van der Waals surface area contributed by atoms with Crippen molar-refractivity contribution in [1.82, 2.24) is 24.3 Å². The lowest BCUT2D eigenvalue weighted by Crippen LogP contribution is -2.46. The molecule has 32 heavy (non-hydrogen) atoms. The molecule has 0 unspecified atom stereocenters. The summed E-state index contributed by atoms with van der Waals surface area (Å²) in [5, 5.41) is 0. The SMILES string of the molecule is CCc1nc2c(C)cc(C)nc2n1Cc1ccc(/C=C/CN2C[C@H]3C[C@@H]2CN3CC)cc1. The predicted molar refractivity (Wildman–Crippen MR) is 132 cm³/mol. The smallest absolute Gasteiger partial charge is 0.160 e. The van der Waals surface area contributed by atoms with Gasteiger partial charge in [0.1, 0.15) is 11.3 Å². The molecule has 2 atom stereocenters. The summed E-state index contributed by atoms with van der Waals surface area (Å²) in [6, 6.07) is 12.6. The summed E-state index contributed by atoms with van der Waals surface area (Å²) in [5.41, 5.74) is 6.84. The van der Waals surface area contributed by atoms with Gasteiger partial charge in [-0.15, -0.1) is 0 Å². The molecule has 5 nitrogen and oxygen atoms in total. The van der Waals surface area contributed by atoms with Crippen molar-refractivity contribution in [3.8, 4) is 0 Å². The van der Waals surface area contributed by atoms with Crippen molar-refractivity contribution >= 4 is 17.2 Å². The van der Waals surface area contributed by atoms with Gasteiger partial charge in [0, 0.05) is 43.8 Å². The first-order valence-corrected chi connectivity index (χ1v) is 12.1. The van der Waals surface area contributed by atoms with Gasteiger partial charge in [-0.25, -0.2) is 9.97 Å². The number of imidazole rings is 1. The molecule has 0 aliphatic carbocycles. The Hall–Kier alpha value is -2.50. The summed E-state index contributed by atoms with van der Waals surface area (Å²) in [6.45, 7) is 14.2. The average Bonchev–Trinajstić information content (AvgIpc) is 3.48. The van der Waals surface area contributed by atoms with Crippen molar-refractivity contribution < 1.29 is 0 Å². The van der Waals surface area contributed by atoms with Gasteiger partial charge in [0.2, 0.25) is 0 Å². The minimum Gasteiger partial charge on any atom is -0.308 e. The molecule has 4 heterocycles. The Morgan fingerprint density at radius 2 is 1.75 bits per heavy atom. The first-order chi connectivity index (χ1) is 15.6. The van der Waals surface area contributed by atoms with Crippen molar-refractivity contribution in [3.05, 3.63) is 64.6 Å². The second-order valence-corrected chi connectivity index (χ2v) is 9.45. The molecule has 2 aromatic heterocycles. The highest BCUT2D eigenvalue weighted by atomic mass is 15.3. The monoisotopic (exact) mass is 429 g/mol. The number of likely N-dealkylation sites (N-methyl/N-ethyl adjacent to an activating group) is 1. The molecular weight excluding hydrogens is 394 g/mol. The number of fused-ring (bicyclic) bond motifs is 3. The van der Waals surface area contributed by atoms with E-state index in [2.05, 4.69) is 84.5 Å². The number of benzene rings is 1. The Morgan fingerprint density at radius 3 is 2.44 bits per heavy atom. The molecule has 3 aromatic rings. The van der Waals surface area contributed by atoms with Crippen LogP contribution >= 0.6 is 0 Å². The Morgan fingerprint density at radius 1 is 1.00 bits per heavy atom. The lowest BCUT2D eigenvalue weighted by Gasteiger charge is -2.32. The zero-order valence-electron chi connectivity index (χ0n) is 19.9. The number of aromatic nitrogens is 3. The van der Waals surface area contributed by atoms with Crippen molar-refractivity contribution in [2.45, 2.75) is 59.2 Å². The van der Waals surface area contributed by atoms with Crippen LogP contribution in [0.3, 0.4) is 0 Å². The van der Waals surface area contributed by atoms with Crippen molar-refractivity contribution in [3.63, 3.8) is 0 Å². The number of rotatable bonds is 7. The molecule has 2 aliphatic heterocycles. The average molecular weight is 430 g/mol. The summed E-state index contributed by atoms with van der Waals surface area (Å²) < 4.78 is 2.28. The fourth-order valence-electron chi connectivity index (χ4n) is 5.57. The van der Waals surface area contributed by atoms with Crippen LogP contribution in [-0.2, 0) is 13.0 Å². The molecule has 2 fully saturated rings. The minimum absolute atomic E-state index is 0.755. The van der Waals surface area contributed by atoms with E-state index in [9.17, 15) is 0 Å². The number of hydrogen-bond acceptors (Lipinski definition) is 4. The van der Waals surface area contributed by atoms with Crippen LogP contribution in [0.2, 0.25) is 0 Å². The molecule has 0 radical (unpaired) electrons. The fraction of sp³-hybridized carbons (Fsp3) is 0.481. The van der Waals surface area contributed by atoms with Gasteiger partial charge >= 0.3 is 0 Å². The van der Waals surface area contributed by atoms with Gasteiger partial charge in [-0.05, 0) is 49.6 Å². The van der Waals surface area contributed by atoms with E-state index >= 15 is 0 Å². The van der Waals surface area contributed by atoms with Gasteiger partial charge < -0.3 is 4.57 Å². The third kappa shape index (κ3) is 4.00. The van der Waals surface area contributed by atoms with Crippen LogP contribution in [0.5, 0.6) is 0 Å². The quantitative estimate of drug-likeness (QED) is 0.556. The Kier molecular flexibility index (Phi) is 5.87. The Balaban J connectivity index is 1.25. The number of piperazine rings is 1. The highest BCUT2D eigenvalue weighted by Gasteiger charge is 2.41. The van der Waals surface area contributed by atoms with Gasteiger partial charge in [-0.1, -0.05) is 50.3 Å². The summed E-state index contributed by atoms with van der Waals surface area (Å²) in [6.07, 6.45) is 6.86. The van der Waals surface area contributed by atoms with Crippen molar-refractivity contribution in [1.29, 1.82) is 0 Å². The summed E-state index contributed by atoms with van der Waals surface area (Å²) in [4.78, 5) is 15.0. The summed E-state index contributed by atoms with van der Waals surface area (Å²) in [7, 11) is 0. The summed E-state index contributed by atoms with van der Waals surface area (Å²) in [5.74, 6) is 1.10. The van der Waals surface area contributed by atoms with E-state index in [0.29, 0.717) is 0 Å². The van der Waals surface area contributed by atoms with E-state index in [1.165, 1.54) is 42.7 Å². The van der Waals surface area contributed by atoms with Crippen molar-refractivity contribution in [2.75, 3.05) is 26.2 Å². The van der Waals surface area contributed by atoms with Gasteiger partial charge in [-0.3, -0.25) is 9.80 Å². The molecule has 2 saturated heterocycles. The number of likely N-dealkylation sites (tertiary alicyclic amines) is 2. The molecule has 5 rings (SSSR count). The zero-order valence-corrected chi connectivity index (χ0v) is 19.9. The molecule has 0 amide bonds. The third-order valence-corrected chi connectivity index (χ3v) is 7.26. The molecular formula is C27H35N5. The van der Waals surface area contributed by atoms with Crippen LogP contribution in [0.4, 0.5) is 0 Å². The third-order valence-electron chi connectivity index (χ3n) is 7.26. The summed E-state index contributed by atoms with van der Waals surface area (Å²) >= 11 is 0. The molecule has 168 valence electrons. The van der Waals surface area contributed by atoms with Crippen LogP contribution in [-0.4, -0.2) is 62.6 Å². The van der Waals surface area contributed by atoms with Gasteiger partial charge in [0.25, 0.3) is 0 Å². The molecule has 0 saturated carbocycles. The molecule has 2 aliphatic rings. The van der Waals surface area contributed by atoms with E-state index < -0.39 is 0 Å². The molecule has 5 heteroatoms. The molecule has 0 spiro atoms. The van der Waals surface area contributed by atoms with E-state index in [0.717, 1.165) is 54.3 Å². The number of hydrogen-bond donors (Lipinski definition) is 0. The maximum atomic E-state index is 4.87. The second-order valence-electron chi connectivity index (χ2n) is 9.45. The highest BCUT2D eigenvalue weighted by Crippen LogP contribution is 2.30. The lowest BCUT2D eigenvalue weighted by molar-refractivity contribution is 0.144. The Bertz CT molecular complexity index is 1130. The maximum absolute atomic E-state index is 4.87. The predicted octanol–water partition coefficient (Wildman–Crippen LogP) is 4.45. The zero-order chi connectivity index (χ0) is 22.2. The second kappa shape index (κ2) is 8.80. The van der Waals surface area contributed by atoms with Crippen LogP contribution in [0.1, 0.15) is 48.5 Å². The van der Waals surface area contributed by atoms with E-state index in [1.54, 1.807) is 0 Å². The van der Waals surface area contributed by atoms with Gasteiger partial charge in [-0.2, -0.15) is 0 Å². The van der Waals surface area contributed by atoms with Crippen LogP contribution in [0.15, 0.2) is 36.4 Å². The number of aryl methyl sites for hydroxylation is 3. The minimum atomic E-state index is 0.755. The van der Waals surface area contributed by atoms with E-state index in [1.807, 2.05) is 0 Å². The van der Waals surface area contributed by atoms with E-state index in [-0.39, 0.29) is 0 Å². The molecule has 2 bridgehead atoms. The van der Waals surface area contributed by atoms with E-state index in [4.69, 9.17) is 9.97 Å². The van der Waals surface area contributed by atoms with Crippen LogP contribution in [0, 0.1) is 13.8 Å². The molecule has 1 aromatic carbocycles. The number of pyridine rings is 1. The lowest BCUT2D eigenvalue weighted by atomic mass is 10.1. The first kappa shape index (κ1) is 21.4. The Labute approximate surface area is 191 Å². The normalized spacial score (nSPS) is 21.5. The van der Waals surface area contributed by atoms with Crippen molar-refractivity contribution in [2.24, 2.45) is 0 Å². The fourth-order valence-corrected chi connectivity index (χ4v) is 5.57. The molecule has 0 N–H and O–H groups in total. The standard InChI is InChI=1S/C27H35N5/c1-5-25-29-26-19(3)14-20(4)28-27(26)32(25)16-22-11-9-21(10-12-22)8-7-13-31-18-23-15-24(31)17-30(23)6-2/h7-12,14,23-24H,5-6,13,15-18H2,1-4H3/b8-7+/t23-,24-/m1/s1. The maximum Gasteiger partial charge on any atom is 0.160 e.